The van der Waals surface area contributed by atoms with Crippen molar-refractivity contribution in [2.75, 3.05) is 12.3 Å². The fraction of sp³-hybridized carbons (Fsp3) is 0.615. The van der Waals surface area contributed by atoms with Gasteiger partial charge in [0.1, 0.15) is 11.9 Å². The van der Waals surface area contributed by atoms with E-state index in [2.05, 4.69) is 15.3 Å². The molecule has 0 bridgehead atoms. The van der Waals surface area contributed by atoms with Crippen LogP contribution in [-0.4, -0.2) is 55.7 Å². The molecular weight excluding hydrogens is 292 g/mol. The lowest BCUT2D eigenvalue weighted by Crippen LogP contribution is -2.51. The monoisotopic (exact) mass is 312 g/mol. The second kappa shape index (κ2) is 6.84. The number of aliphatic carboxylic acids is 1. The van der Waals surface area contributed by atoms with Crippen LogP contribution >= 0.6 is 11.8 Å². The molecule has 0 radical (unpaired) electrons. The Morgan fingerprint density at radius 3 is 2.95 bits per heavy atom. The number of carboxylic acid groups (broad SMARTS) is 1. The number of carbonyl (C=O) groups excluding carboxylic acids is 1. The van der Waals surface area contributed by atoms with E-state index in [1.807, 2.05) is 13.8 Å². The van der Waals surface area contributed by atoms with E-state index < -0.39 is 12.0 Å². The van der Waals surface area contributed by atoms with E-state index in [1.54, 1.807) is 12.4 Å². The van der Waals surface area contributed by atoms with Crippen molar-refractivity contribution < 1.29 is 14.7 Å². The summed E-state index contributed by atoms with van der Waals surface area (Å²) in [4.78, 5) is 32.1. The zero-order valence-corrected chi connectivity index (χ0v) is 12.9. The Kier molecular flexibility index (Phi) is 5.11. The first-order valence-corrected chi connectivity index (χ1v) is 7.94. The van der Waals surface area contributed by atoms with Gasteiger partial charge >= 0.3 is 12.0 Å². The van der Waals surface area contributed by atoms with Crippen LogP contribution in [0.5, 0.6) is 0 Å². The van der Waals surface area contributed by atoms with E-state index in [9.17, 15) is 14.7 Å². The molecular formula is C13H20N4O3S. The van der Waals surface area contributed by atoms with Gasteiger partial charge in [0.15, 0.2) is 0 Å². The number of rotatable bonds is 5. The second-order valence-electron chi connectivity index (χ2n) is 5.25. The van der Waals surface area contributed by atoms with Crippen LogP contribution in [0.2, 0.25) is 0 Å². The predicted octanol–water partition coefficient (Wildman–Crippen LogP) is 1.15. The number of carboxylic acids is 1. The molecule has 0 saturated carbocycles. The molecule has 2 atom stereocenters. The van der Waals surface area contributed by atoms with Gasteiger partial charge in [-0.05, 0) is 5.92 Å². The number of nitrogens with zero attached hydrogens (tertiary/aromatic N) is 2. The van der Waals surface area contributed by atoms with Crippen LogP contribution in [0.25, 0.3) is 0 Å². The lowest BCUT2D eigenvalue weighted by Gasteiger charge is -2.29. The standard InChI is InChI=1S/C13H20N4O3S/c1-8(2)11-17(9(7-21-11)12(18)19)13(20)16-4-3-10-14-5-6-15-10/h5-6,8-9,11H,3-4,7H2,1-2H3,(H,14,15)(H,16,20)(H,18,19). The molecule has 0 aliphatic carbocycles. The van der Waals surface area contributed by atoms with Gasteiger partial charge in [0.25, 0.3) is 0 Å². The number of carbonyl (C=O) groups is 2. The number of H-pyrrole nitrogens is 1. The molecule has 21 heavy (non-hydrogen) atoms. The number of hydrogen-bond donors (Lipinski definition) is 3. The summed E-state index contributed by atoms with van der Waals surface area (Å²) in [6, 6.07) is -1.08. The third-order valence-electron chi connectivity index (χ3n) is 3.32. The number of imidazole rings is 1. The zero-order valence-electron chi connectivity index (χ0n) is 12.1. The first-order chi connectivity index (χ1) is 10.0. The van der Waals surface area contributed by atoms with Gasteiger partial charge in [-0.25, -0.2) is 14.6 Å². The third-order valence-corrected chi connectivity index (χ3v) is 4.94. The van der Waals surface area contributed by atoms with Crippen LogP contribution in [0.3, 0.4) is 0 Å². The Bertz CT molecular complexity index is 492. The summed E-state index contributed by atoms with van der Waals surface area (Å²) < 4.78 is 0. The van der Waals surface area contributed by atoms with Crippen molar-refractivity contribution in [2.24, 2.45) is 5.92 Å². The summed E-state index contributed by atoms with van der Waals surface area (Å²) >= 11 is 1.52. The Labute approximate surface area is 127 Å². The highest BCUT2D eigenvalue weighted by atomic mass is 32.2. The van der Waals surface area contributed by atoms with Crippen molar-refractivity contribution >= 4 is 23.8 Å². The average molecular weight is 312 g/mol. The second-order valence-corrected chi connectivity index (χ2v) is 6.40. The minimum absolute atomic E-state index is 0.102. The van der Waals surface area contributed by atoms with E-state index in [4.69, 9.17) is 0 Å². The van der Waals surface area contributed by atoms with Crippen molar-refractivity contribution in [3.63, 3.8) is 0 Å². The van der Waals surface area contributed by atoms with Crippen LogP contribution in [-0.2, 0) is 11.2 Å². The van der Waals surface area contributed by atoms with E-state index in [0.29, 0.717) is 18.7 Å². The highest BCUT2D eigenvalue weighted by molar-refractivity contribution is 8.00. The first kappa shape index (κ1) is 15.7. The SMILES string of the molecule is CC(C)C1SCC(C(=O)O)N1C(=O)NCCc1ncc[nH]1. The molecule has 2 amide bonds. The highest BCUT2D eigenvalue weighted by Crippen LogP contribution is 2.33. The summed E-state index contributed by atoms with van der Waals surface area (Å²) in [7, 11) is 0. The minimum atomic E-state index is -0.952. The summed E-state index contributed by atoms with van der Waals surface area (Å²) in [5, 5.41) is 11.9. The van der Waals surface area contributed by atoms with E-state index in [1.165, 1.54) is 16.7 Å². The maximum absolute atomic E-state index is 12.3. The Hall–Kier alpha value is -1.70. The number of aromatic nitrogens is 2. The Morgan fingerprint density at radius 1 is 1.62 bits per heavy atom. The van der Waals surface area contributed by atoms with E-state index in [-0.39, 0.29) is 17.3 Å². The molecule has 1 aromatic heterocycles. The number of hydrogen-bond acceptors (Lipinski definition) is 4. The smallest absolute Gasteiger partial charge is 0.327 e. The van der Waals surface area contributed by atoms with Gasteiger partial charge in [0.05, 0.1) is 5.37 Å². The van der Waals surface area contributed by atoms with Gasteiger partial charge in [0.2, 0.25) is 0 Å². The molecule has 0 aromatic carbocycles. The third kappa shape index (κ3) is 3.69. The van der Waals surface area contributed by atoms with Crippen molar-refractivity contribution in [1.29, 1.82) is 0 Å². The van der Waals surface area contributed by atoms with Crippen molar-refractivity contribution in [1.82, 2.24) is 20.2 Å². The fourth-order valence-electron chi connectivity index (χ4n) is 2.30. The highest BCUT2D eigenvalue weighted by Gasteiger charge is 2.42. The number of thioether (sulfide) groups is 1. The minimum Gasteiger partial charge on any atom is -0.480 e. The predicted molar refractivity (Wildman–Crippen MR) is 80.0 cm³/mol. The van der Waals surface area contributed by atoms with Gasteiger partial charge in [-0.3, -0.25) is 4.90 Å². The van der Waals surface area contributed by atoms with E-state index in [0.717, 1.165) is 5.82 Å². The number of aromatic amines is 1. The fourth-order valence-corrected chi connectivity index (χ4v) is 3.77. The molecule has 7 nitrogen and oxygen atoms in total. The molecule has 1 aliphatic rings. The molecule has 0 spiro atoms. The molecule has 1 fully saturated rings. The van der Waals surface area contributed by atoms with Crippen molar-refractivity contribution in [3.05, 3.63) is 18.2 Å². The molecule has 116 valence electrons. The molecule has 1 aliphatic heterocycles. The van der Waals surface area contributed by atoms with Gasteiger partial charge in [0, 0.05) is 31.1 Å². The van der Waals surface area contributed by atoms with E-state index >= 15 is 0 Å². The summed E-state index contributed by atoms with van der Waals surface area (Å²) in [6.07, 6.45) is 3.97. The summed E-state index contributed by atoms with van der Waals surface area (Å²) in [5.74, 6) is 0.479. The Balaban J connectivity index is 1.94. The maximum Gasteiger partial charge on any atom is 0.327 e. The van der Waals surface area contributed by atoms with Crippen LogP contribution in [0.1, 0.15) is 19.7 Å². The van der Waals surface area contributed by atoms with Crippen LogP contribution < -0.4 is 5.32 Å². The normalized spacial score (nSPS) is 21.8. The van der Waals surface area contributed by atoms with Gasteiger partial charge in [-0.15, -0.1) is 11.8 Å². The van der Waals surface area contributed by atoms with Crippen LogP contribution in [0.4, 0.5) is 4.79 Å². The van der Waals surface area contributed by atoms with Gasteiger partial charge in [-0.2, -0.15) is 0 Å². The van der Waals surface area contributed by atoms with Crippen LogP contribution in [0.15, 0.2) is 12.4 Å². The number of urea groups is 1. The average Bonchev–Trinajstić information content (AvgIpc) is 3.07. The molecule has 2 heterocycles. The summed E-state index contributed by atoms with van der Waals surface area (Å²) in [6.45, 7) is 4.40. The first-order valence-electron chi connectivity index (χ1n) is 6.89. The molecule has 1 aromatic rings. The van der Waals surface area contributed by atoms with Crippen molar-refractivity contribution in [3.8, 4) is 0 Å². The molecule has 1 saturated heterocycles. The molecule has 8 heteroatoms. The maximum atomic E-state index is 12.3. The quantitative estimate of drug-likeness (QED) is 0.757. The topological polar surface area (TPSA) is 98.3 Å². The Morgan fingerprint density at radius 2 is 2.38 bits per heavy atom. The number of amides is 2. The summed E-state index contributed by atoms with van der Waals surface area (Å²) in [5.41, 5.74) is 0. The lowest BCUT2D eigenvalue weighted by atomic mass is 10.2. The zero-order chi connectivity index (χ0) is 15.4. The molecule has 3 N–H and O–H groups in total. The van der Waals surface area contributed by atoms with Crippen LogP contribution in [0, 0.1) is 5.92 Å². The molecule has 2 rings (SSSR count). The lowest BCUT2D eigenvalue weighted by molar-refractivity contribution is -0.141. The van der Waals surface area contributed by atoms with Gasteiger partial charge in [-0.1, -0.05) is 13.8 Å². The number of nitrogens with one attached hydrogen (secondary N) is 2. The molecule has 2 unspecified atom stereocenters. The van der Waals surface area contributed by atoms with Crippen molar-refractivity contribution in [2.45, 2.75) is 31.7 Å². The largest absolute Gasteiger partial charge is 0.480 e. The van der Waals surface area contributed by atoms with Gasteiger partial charge < -0.3 is 15.4 Å².